The van der Waals surface area contributed by atoms with Crippen LogP contribution in [-0.2, 0) is 6.42 Å². The molecule has 0 saturated carbocycles. The highest BCUT2D eigenvalue weighted by atomic mass is 127. The van der Waals surface area contributed by atoms with E-state index in [1.54, 1.807) is 0 Å². The third-order valence-corrected chi connectivity index (χ3v) is 6.29. The van der Waals surface area contributed by atoms with E-state index in [2.05, 4.69) is 123 Å². The van der Waals surface area contributed by atoms with Gasteiger partial charge in [-0.1, -0.05) is 76.6 Å². The second kappa shape index (κ2) is 13.0. The first-order valence-corrected chi connectivity index (χ1v) is 12.7. The minimum atomic E-state index is 0.795. The van der Waals surface area contributed by atoms with Crippen molar-refractivity contribution in [3.05, 3.63) is 99.1 Å². The topological polar surface area (TPSA) is 9.23 Å². The number of rotatable bonds is 11. The van der Waals surface area contributed by atoms with E-state index in [1.807, 2.05) is 0 Å². The Morgan fingerprint density at radius 3 is 2.27 bits per heavy atom. The van der Waals surface area contributed by atoms with E-state index in [0.29, 0.717) is 0 Å². The lowest BCUT2D eigenvalue weighted by atomic mass is 9.96. The average Bonchev–Trinajstić information content (AvgIpc) is 2.79. The molecule has 3 aromatic carbocycles. The van der Waals surface area contributed by atoms with Gasteiger partial charge in [-0.05, 0) is 101 Å². The molecule has 30 heavy (non-hydrogen) atoms. The summed E-state index contributed by atoms with van der Waals surface area (Å²) in [5.41, 5.74) is 5.24. The SMILES string of the molecule is BrCCCCCOc1ccc(CCC(=Cc2ccc(I)cc2)c2ccccc2)cc1. The molecule has 0 atom stereocenters. The summed E-state index contributed by atoms with van der Waals surface area (Å²) in [4.78, 5) is 0. The molecular formula is C27H28BrIO. The predicted molar refractivity (Wildman–Crippen MR) is 141 cm³/mol. The van der Waals surface area contributed by atoms with Crippen molar-refractivity contribution in [2.24, 2.45) is 0 Å². The van der Waals surface area contributed by atoms with Crippen molar-refractivity contribution in [1.82, 2.24) is 0 Å². The van der Waals surface area contributed by atoms with Gasteiger partial charge in [-0.2, -0.15) is 0 Å². The molecule has 156 valence electrons. The molecule has 0 radical (unpaired) electrons. The van der Waals surface area contributed by atoms with E-state index in [1.165, 1.54) is 38.7 Å². The Kier molecular flexibility index (Phi) is 9.97. The molecule has 0 heterocycles. The fourth-order valence-electron chi connectivity index (χ4n) is 3.31. The molecule has 0 aliphatic heterocycles. The van der Waals surface area contributed by atoms with Crippen molar-refractivity contribution in [1.29, 1.82) is 0 Å². The molecular weight excluding hydrogens is 547 g/mol. The van der Waals surface area contributed by atoms with Crippen LogP contribution in [-0.4, -0.2) is 11.9 Å². The standard InChI is InChI=1S/C27H28BrIO/c28-19-5-2-6-20-30-27-17-12-22(13-18-27)9-14-25(24-7-3-1-4-8-24)21-23-10-15-26(29)16-11-23/h1,3-4,7-8,10-13,15-18,21H,2,5-6,9,14,19-20H2. The first-order chi connectivity index (χ1) is 14.7. The molecule has 0 N–H and O–H groups in total. The number of aryl methyl sites for hydroxylation is 1. The Morgan fingerprint density at radius 1 is 0.833 bits per heavy atom. The van der Waals surface area contributed by atoms with Gasteiger partial charge in [0, 0.05) is 8.90 Å². The zero-order chi connectivity index (χ0) is 21.0. The fraction of sp³-hybridized carbons (Fsp3) is 0.259. The zero-order valence-electron chi connectivity index (χ0n) is 17.2. The van der Waals surface area contributed by atoms with Crippen LogP contribution in [0, 0.1) is 3.57 Å². The number of halogens is 2. The van der Waals surface area contributed by atoms with Gasteiger partial charge < -0.3 is 4.74 Å². The first-order valence-electron chi connectivity index (χ1n) is 10.5. The van der Waals surface area contributed by atoms with Crippen molar-refractivity contribution >= 4 is 50.2 Å². The van der Waals surface area contributed by atoms with Crippen molar-refractivity contribution in [2.45, 2.75) is 32.1 Å². The average molecular weight is 575 g/mol. The predicted octanol–water partition coefficient (Wildman–Crippen LogP) is 8.41. The van der Waals surface area contributed by atoms with Gasteiger partial charge >= 0.3 is 0 Å². The van der Waals surface area contributed by atoms with Crippen LogP contribution < -0.4 is 4.74 Å². The second-order valence-corrected chi connectivity index (χ2v) is 9.37. The van der Waals surface area contributed by atoms with Gasteiger partial charge in [0.15, 0.2) is 0 Å². The molecule has 0 unspecified atom stereocenters. The molecule has 0 amide bonds. The van der Waals surface area contributed by atoms with Gasteiger partial charge in [0.25, 0.3) is 0 Å². The molecule has 0 aromatic heterocycles. The highest BCUT2D eigenvalue weighted by molar-refractivity contribution is 14.1. The van der Waals surface area contributed by atoms with E-state index < -0.39 is 0 Å². The molecule has 0 saturated heterocycles. The number of hydrogen-bond acceptors (Lipinski definition) is 1. The number of hydrogen-bond donors (Lipinski definition) is 0. The summed E-state index contributed by atoms with van der Waals surface area (Å²) in [5, 5.41) is 1.07. The lowest BCUT2D eigenvalue weighted by Crippen LogP contribution is -1.97. The van der Waals surface area contributed by atoms with Crippen LogP contribution in [0.1, 0.15) is 42.4 Å². The molecule has 0 bridgehead atoms. The maximum Gasteiger partial charge on any atom is 0.119 e. The van der Waals surface area contributed by atoms with Crippen molar-refractivity contribution in [3.63, 3.8) is 0 Å². The summed E-state index contributed by atoms with van der Waals surface area (Å²) in [6.07, 6.45) is 7.85. The Hall–Kier alpha value is -1.59. The summed E-state index contributed by atoms with van der Waals surface area (Å²) in [6, 6.07) is 28.0. The van der Waals surface area contributed by atoms with Gasteiger partial charge in [-0.15, -0.1) is 0 Å². The molecule has 3 rings (SSSR count). The van der Waals surface area contributed by atoms with E-state index in [4.69, 9.17) is 4.74 Å². The summed E-state index contributed by atoms with van der Waals surface area (Å²) < 4.78 is 7.12. The number of unbranched alkanes of at least 4 members (excludes halogenated alkanes) is 2. The van der Waals surface area contributed by atoms with E-state index in [-0.39, 0.29) is 0 Å². The van der Waals surface area contributed by atoms with E-state index in [9.17, 15) is 0 Å². The van der Waals surface area contributed by atoms with Crippen LogP contribution in [0.5, 0.6) is 5.75 Å². The van der Waals surface area contributed by atoms with Gasteiger partial charge in [0.2, 0.25) is 0 Å². The Labute approximate surface area is 202 Å². The van der Waals surface area contributed by atoms with Crippen LogP contribution >= 0.6 is 38.5 Å². The highest BCUT2D eigenvalue weighted by Gasteiger charge is 2.04. The summed E-state index contributed by atoms with van der Waals surface area (Å²) in [7, 11) is 0. The summed E-state index contributed by atoms with van der Waals surface area (Å²) >= 11 is 5.82. The largest absolute Gasteiger partial charge is 0.494 e. The lowest BCUT2D eigenvalue weighted by Gasteiger charge is -2.10. The van der Waals surface area contributed by atoms with Crippen LogP contribution in [0.2, 0.25) is 0 Å². The minimum absolute atomic E-state index is 0.795. The Morgan fingerprint density at radius 2 is 1.57 bits per heavy atom. The third kappa shape index (κ3) is 7.92. The monoisotopic (exact) mass is 574 g/mol. The minimum Gasteiger partial charge on any atom is -0.494 e. The highest BCUT2D eigenvalue weighted by Crippen LogP contribution is 2.25. The number of allylic oxidation sites excluding steroid dienone is 1. The van der Waals surface area contributed by atoms with Gasteiger partial charge in [0.1, 0.15) is 5.75 Å². The first kappa shape index (κ1) is 23.1. The maximum atomic E-state index is 5.86. The zero-order valence-corrected chi connectivity index (χ0v) is 20.9. The smallest absolute Gasteiger partial charge is 0.119 e. The molecule has 0 aliphatic rings. The number of ether oxygens (including phenoxy) is 1. The number of alkyl halides is 1. The van der Waals surface area contributed by atoms with Gasteiger partial charge in [0.05, 0.1) is 6.61 Å². The van der Waals surface area contributed by atoms with Crippen molar-refractivity contribution in [3.8, 4) is 5.75 Å². The Balaban J connectivity index is 1.62. The van der Waals surface area contributed by atoms with Crippen molar-refractivity contribution in [2.75, 3.05) is 11.9 Å². The molecule has 3 aromatic rings. The second-order valence-electron chi connectivity index (χ2n) is 7.33. The quantitative estimate of drug-likeness (QED) is 0.0966. The van der Waals surface area contributed by atoms with E-state index >= 15 is 0 Å². The fourth-order valence-corrected chi connectivity index (χ4v) is 4.06. The van der Waals surface area contributed by atoms with Crippen LogP contribution in [0.3, 0.4) is 0 Å². The van der Waals surface area contributed by atoms with E-state index in [0.717, 1.165) is 36.9 Å². The Bertz CT molecular complexity index is 902. The lowest BCUT2D eigenvalue weighted by molar-refractivity contribution is 0.306. The van der Waals surface area contributed by atoms with Crippen LogP contribution in [0.4, 0.5) is 0 Å². The molecule has 0 aliphatic carbocycles. The van der Waals surface area contributed by atoms with Crippen LogP contribution in [0.15, 0.2) is 78.9 Å². The summed E-state index contributed by atoms with van der Waals surface area (Å²) in [6.45, 7) is 0.795. The molecule has 3 heteroatoms. The third-order valence-electron chi connectivity index (χ3n) is 5.01. The number of benzene rings is 3. The summed E-state index contributed by atoms with van der Waals surface area (Å²) in [5.74, 6) is 0.968. The molecule has 0 fully saturated rings. The molecule has 1 nitrogen and oxygen atoms in total. The van der Waals surface area contributed by atoms with Crippen LogP contribution in [0.25, 0.3) is 11.6 Å². The van der Waals surface area contributed by atoms with Crippen molar-refractivity contribution < 1.29 is 4.74 Å². The normalized spacial score (nSPS) is 11.5. The van der Waals surface area contributed by atoms with Gasteiger partial charge in [-0.3, -0.25) is 0 Å². The van der Waals surface area contributed by atoms with Gasteiger partial charge in [-0.25, -0.2) is 0 Å². The molecule has 0 spiro atoms. The maximum absolute atomic E-state index is 5.86.